The van der Waals surface area contributed by atoms with Crippen LogP contribution >= 0.6 is 0 Å². The van der Waals surface area contributed by atoms with Crippen molar-refractivity contribution in [3.63, 3.8) is 0 Å². The first kappa shape index (κ1) is 15.8. The Morgan fingerprint density at radius 3 is 2.52 bits per heavy atom. The Balaban J connectivity index is 2.47. The van der Waals surface area contributed by atoms with E-state index in [4.69, 9.17) is 9.84 Å². The third-order valence-corrected chi connectivity index (χ3v) is 5.74. The van der Waals surface area contributed by atoms with Gasteiger partial charge in [0.15, 0.2) is 0 Å². The third-order valence-electron chi connectivity index (χ3n) is 3.72. The maximum Gasteiger partial charge on any atom is 0.335 e. The van der Waals surface area contributed by atoms with Crippen molar-refractivity contribution in [1.29, 1.82) is 0 Å². The average Bonchev–Trinajstić information content (AvgIpc) is 2.77. The average molecular weight is 313 g/mol. The summed E-state index contributed by atoms with van der Waals surface area (Å²) >= 11 is 0. The van der Waals surface area contributed by atoms with Crippen LogP contribution in [0.1, 0.15) is 30.6 Å². The number of aromatic carboxylic acids is 1. The molecule has 116 valence electrons. The maximum atomic E-state index is 12.7. The largest absolute Gasteiger partial charge is 0.495 e. The number of hydrogen-bond donors (Lipinski definition) is 1. The Labute approximate surface area is 124 Å². The lowest BCUT2D eigenvalue weighted by molar-refractivity contribution is 0.0696. The highest BCUT2D eigenvalue weighted by molar-refractivity contribution is 7.89. The molecule has 1 N–H and O–H groups in total. The Morgan fingerprint density at radius 2 is 2.05 bits per heavy atom. The Hall–Kier alpha value is -1.60. The van der Waals surface area contributed by atoms with Crippen LogP contribution in [0.25, 0.3) is 0 Å². The third kappa shape index (κ3) is 2.89. The summed E-state index contributed by atoms with van der Waals surface area (Å²) in [6, 6.07) is 3.74. The molecule has 2 unspecified atom stereocenters. The molecule has 2 atom stereocenters. The molecule has 7 heteroatoms. The van der Waals surface area contributed by atoms with Gasteiger partial charge in [-0.15, -0.1) is 0 Å². The number of carboxylic acid groups (broad SMARTS) is 1. The van der Waals surface area contributed by atoms with Gasteiger partial charge < -0.3 is 9.84 Å². The molecule has 6 nitrogen and oxygen atoms in total. The fourth-order valence-electron chi connectivity index (χ4n) is 2.74. The van der Waals surface area contributed by atoms with Gasteiger partial charge in [0.2, 0.25) is 10.0 Å². The zero-order chi connectivity index (χ0) is 15.8. The van der Waals surface area contributed by atoms with Crippen LogP contribution in [0.4, 0.5) is 0 Å². The fraction of sp³-hybridized carbons (Fsp3) is 0.500. The van der Waals surface area contributed by atoms with Crippen molar-refractivity contribution in [2.75, 3.05) is 13.7 Å². The van der Waals surface area contributed by atoms with E-state index in [9.17, 15) is 13.2 Å². The maximum absolute atomic E-state index is 12.7. The molecule has 1 aliphatic heterocycles. The first-order valence-corrected chi connectivity index (χ1v) is 8.14. The van der Waals surface area contributed by atoms with Crippen molar-refractivity contribution >= 4 is 16.0 Å². The second kappa shape index (κ2) is 5.65. The summed E-state index contributed by atoms with van der Waals surface area (Å²) < 4.78 is 32.0. The van der Waals surface area contributed by atoms with Crippen molar-refractivity contribution in [2.45, 2.75) is 31.2 Å². The van der Waals surface area contributed by atoms with Crippen molar-refractivity contribution in [2.24, 2.45) is 5.92 Å². The molecule has 2 rings (SSSR count). The molecule has 0 spiro atoms. The summed E-state index contributed by atoms with van der Waals surface area (Å²) in [7, 11) is -2.36. The molecule has 0 aliphatic carbocycles. The summed E-state index contributed by atoms with van der Waals surface area (Å²) in [6.07, 6.45) is 0.814. The number of benzene rings is 1. The summed E-state index contributed by atoms with van der Waals surface area (Å²) in [6.45, 7) is 4.35. The van der Waals surface area contributed by atoms with Gasteiger partial charge in [0.25, 0.3) is 0 Å². The standard InChI is InChI=1S/C14H19NO5S/c1-9-6-10(2)15(8-9)21(18,19)13-5-4-11(14(16)17)7-12(13)20-3/h4-5,7,9-10H,6,8H2,1-3H3,(H,16,17). The normalized spacial score (nSPS) is 23.2. The van der Waals surface area contributed by atoms with E-state index in [2.05, 4.69) is 0 Å². The number of nitrogens with zero attached hydrogens (tertiary/aromatic N) is 1. The minimum Gasteiger partial charge on any atom is -0.495 e. The van der Waals surface area contributed by atoms with E-state index in [0.717, 1.165) is 6.42 Å². The van der Waals surface area contributed by atoms with E-state index in [1.807, 2.05) is 13.8 Å². The van der Waals surface area contributed by atoms with Crippen LogP contribution < -0.4 is 4.74 Å². The topological polar surface area (TPSA) is 83.9 Å². The molecule has 0 bridgehead atoms. The lowest BCUT2D eigenvalue weighted by Gasteiger charge is -2.22. The molecular formula is C14H19NO5S. The lowest BCUT2D eigenvalue weighted by atomic mass is 10.1. The molecule has 0 radical (unpaired) electrons. The molecule has 0 aromatic heterocycles. The summed E-state index contributed by atoms with van der Waals surface area (Å²) in [5, 5.41) is 8.97. The van der Waals surface area contributed by atoms with Gasteiger partial charge in [0, 0.05) is 12.6 Å². The summed E-state index contributed by atoms with van der Waals surface area (Å²) in [4.78, 5) is 11.0. The van der Waals surface area contributed by atoms with Gasteiger partial charge in [-0.05, 0) is 37.5 Å². The van der Waals surface area contributed by atoms with Crippen LogP contribution in [0.2, 0.25) is 0 Å². The van der Waals surface area contributed by atoms with Crippen LogP contribution in [-0.2, 0) is 10.0 Å². The van der Waals surface area contributed by atoms with Gasteiger partial charge >= 0.3 is 5.97 Å². The summed E-state index contributed by atoms with van der Waals surface area (Å²) in [5.41, 5.74) is -0.00589. The van der Waals surface area contributed by atoms with Gasteiger partial charge in [-0.3, -0.25) is 0 Å². The molecule has 1 aliphatic rings. The number of rotatable bonds is 4. The molecular weight excluding hydrogens is 294 g/mol. The summed E-state index contributed by atoms with van der Waals surface area (Å²) in [5.74, 6) is -0.763. The minimum atomic E-state index is -3.69. The van der Waals surface area contributed by atoms with Crippen LogP contribution in [0, 0.1) is 5.92 Å². The monoisotopic (exact) mass is 313 g/mol. The van der Waals surface area contributed by atoms with Gasteiger partial charge in [0.1, 0.15) is 10.6 Å². The molecule has 1 fully saturated rings. The zero-order valence-electron chi connectivity index (χ0n) is 12.2. The van der Waals surface area contributed by atoms with Crippen LogP contribution in [-0.4, -0.2) is 43.5 Å². The van der Waals surface area contributed by atoms with Crippen LogP contribution in [0.5, 0.6) is 5.75 Å². The SMILES string of the molecule is COc1cc(C(=O)O)ccc1S(=O)(=O)N1CC(C)CC1C. The number of carboxylic acids is 1. The Kier molecular flexibility index (Phi) is 4.25. The molecule has 1 saturated heterocycles. The van der Waals surface area contributed by atoms with Gasteiger partial charge in [-0.2, -0.15) is 4.31 Å². The number of ether oxygens (including phenoxy) is 1. The molecule has 1 aromatic carbocycles. The van der Waals surface area contributed by atoms with E-state index in [1.165, 1.54) is 29.6 Å². The van der Waals surface area contributed by atoms with E-state index in [-0.39, 0.29) is 22.3 Å². The van der Waals surface area contributed by atoms with Crippen LogP contribution in [0.15, 0.2) is 23.1 Å². The molecule has 1 heterocycles. The Morgan fingerprint density at radius 1 is 1.38 bits per heavy atom. The highest BCUT2D eigenvalue weighted by Crippen LogP contribution is 2.33. The number of sulfonamides is 1. The van der Waals surface area contributed by atoms with Crippen LogP contribution in [0.3, 0.4) is 0 Å². The molecule has 0 amide bonds. The van der Waals surface area contributed by atoms with Crippen molar-refractivity contribution < 1.29 is 23.1 Å². The minimum absolute atomic E-state index is 0.00589. The van der Waals surface area contributed by atoms with E-state index < -0.39 is 16.0 Å². The molecule has 1 aromatic rings. The zero-order valence-corrected chi connectivity index (χ0v) is 13.1. The molecule has 0 saturated carbocycles. The van der Waals surface area contributed by atoms with Crippen molar-refractivity contribution in [1.82, 2.24) is 4.31 Å². The highest BCUT2D eigenvalue weighted by Gasteiger charge is 2.37. The Bertz CT molecular complexity index is 655. The van der Waals surface area contributed by atoms with E-state index >= 15 is 0 Å². The number of methoxy groups -OCH3 is 1. The van der Waals surface area contributed by atoms with Gasteiger partial charge in [-0.1, -0.05) is 6.92 Å². The number of hydrogen-bond acceptors (Lipinski definition) is 4. The predicted molar refractivity (Wildman–Crippen MR) is 77.1 cm³/mol. The van der Waals surface area contributed by atoms with Crippen molar-refractivity contribution in [3.8, 4) is 5.75 Å². The first-order chi connectivity index (χ1) is 9.77. The predicted octanol–water partition coefficient (Wildman–Crippen LogP) is 1.81. The van der Waals surface area contributed by atoms with Crippen molar-refractivity contribution in [3.05, 3.63) is 23.8 Å². The fourth-order valence-corrected chi connectivity index (χ4v) is 4.64. The highest BCUT2D eigenvalue weighted by atomic mass is 32.2. The lowest BCUT2D eigenvalue weighted by Crippen LogP contribution is -2.34. The second-order valence-corrected chi connectivity index (χ2v) is 7.29. The molecule has 21 heavy (non-hydrogen) atoms. The quantitative estimate of drug-likeness (QED) is 0.916. The first-order valence-electron chi connectivity index (χ1n) is 6.70. The van der Waals surface area contributed by atoms with Gasteiger partial charge in [0.05, 0.1) is 12.7 Å². The second-order valence-electron chi connectivity index (χ2n) is 5.44. The van der Waals surface area contributed by atoms with E-state index in [1.54, 1.807) is 0 Å². The smallest absolute Gasteiger partial charge is 0.335 e. The number of carbonyl (C=O) groups is 1. The van der Waals surface area contributed by atoms with E-state index in [0.29, 0.717) is 12.5 Å². The van der Waals surface area contributed by atoms with Gasteiger partial charge in [-0.25, -0.2) is 13.2 Å².